The molecular weight excluding hydrogens is 371 g/mol. The lowest BCUT2D eigenvalue weighted by Gasteiger charge is -2.31. The number of rotatable bonds is 5. The fraction of sp³-hybridized carbons (Fsp3) is 0.182. The minimum absolute atomic E-state index is 0.0251. The molecule has 0 radical (unpaired) electrons. The number of halogens is 1. The molecule has 1 aromatic carbocycles. The Hall–Kier alpha value is -3.61. The fourth-order valence-corrected chi connectivity index (χ4v) is 3.51. The van der Waals surface area contributed by atoms with Gasteiger partial charge in [0, 0.05) is 50.0 Å². The number of carbonyl (C=O) groups is 2. The van der Waals surface area contributed by atoms with Crippen LogP contribution < -0.4 is 5.32 Å². The van der Waals surface area contributed by atoms with Gasteiger partial charge >= 0.3 is 0 Å². The van der Waals surface area contributed by atoms with Gasteiger partial charge in [-0.3, -0.25) is 19.6 Å². The van der Waals surface area contributed by atoms with Crippen molar-refractivity contribution in [3.05, 3.63) is 89.8 Å². The highest BCUT2D eigenvalue weighted by atomic mass is 19.1. The molecule has 3 heterocycles. The molecule has 3 aromatic rings. The van der Waals surface area contributed by atoms with Gasteiger partial charge < -0.3 is 10.2 Å². The zero-order valence-corrected chi connectivity index (χ0v) is 15.6. The Morgan fingerprint density at radius 2 is 1.86 bits per heavy atom. The van der Waals surface area contributed by atoms with Crippen molar-refractivity contribution in [1.82, 2.24) is 14.9 Å². The molecule has 2 amide bonds. The lowest BCUT2D eigenvalue weighted by Crippen LogP contribution is -2.38. The van der Waals surface area contributed by atoms with Crippen LogP contribution in [0.4, 0.5) is 10.1 Å². The first kappa shape index (κ1) is 18.7. The summed E-state index contributed by atoms with van der Waals surface area (Å²) in [7, 11) is 0. The van der Waals surface area contributed by atoms with Gasteiger partial charge in [-0.15, -0.1) is 0 Å². The predicted molar refractivity (Wildman–Crippen MR) is 105 cm³/mol. The Morgan fingerprint density at radius 1 is 1.07 bits per heavy atom. The zero-order chi connectivity index (χ0) is 20.2. The fourth-order valence-electron chi connectivity index (χ4n) is 3.51. The Bertz CT molecular complexity index is 986. The minimum Gasteiger partial charge on any atom is -0.333 e. The van der Waals surface area contributed by atoms with E-state index in [9.17, 15) is 14.0 Å². The summed E-state index contributed by atoms with van der Waals surface area (Å²) in [5.74, 6) is -1.61. The van der Waals surface area contributed by atoms with Crippen molar-refractivity contribution in [2.24, 2.45) is 0 Å². The molecule has 4 rings (SSSR count). The van der Waals surface area contributed by atoms with Crippen LogP contribution in [0.3, 0.4) is 0 Å². The van der Waals surface area contributed by atoms with Crippen LogP contribution in [0.1, 0.15) is 29.0 Å². The average molecular weight is 390 g/mol. The van der Waals surface area contributed by atoms with Crippen molar-refractivity contribution in [1.29, 1.82) is 0 Å². The molecule has 1 aliphatic heterocycles. The van der Waals surface area contributed by atoms with E-state index in [0.717, 1.165) is 11.1 Å². The molecule has 0 fully saturated rings. The molecule has 0 bridgehead atoms. The van der Waals surface area contributed by atoms with Crippen molar-refractivity contribution in [3.63, 3.8) is 0 Å². The molecule has 1 atom stereocenters. The van der Waals surface area contributed by atoms with Gasteiger partial charge in [0.2, 0.25) is 11.8 Å². The second-order valence-electron chi connectivity index (χ2n) is 6.95. The lowest BCUT2D eigenvalue weighted by atomic mass is 9.89. The molecule has 7 heteroatoms. The van der Waals surface area contributed by atoms with Crippen LogP contribution in [0.2, 0.25) is 0 Å². The van der Waals surface area contributed by atoms with Gasteiger partial charge in [0.05, 0.1) is 5.92 Å². The third kappa shape index (κ3) is 4.29. The molecule has 1 N–H and O–H groups in total. The van der Waals surface area contributed by atoms with Crippen LogP contribution in [0.25, 0.3) is 0 Å². The van der Waals surface area contributed by atoms with Crippen molar-refractivity contribution in [2.75, 3.05) is 5.32 Å². The SMILES string of the molecule is O=C1CC(C(=O)N(Cc2ccncc2)Cc2cccnc2)c2ccc(F)cc2N1. The summed E-state index contributed by atoms with van der Waals surface area (Å²) < 4.78 is 13.6. The molecule has 29 heavy (non-hydrogen) atoms. The second kappa shape index (κ2) is 8.18. The highest BCUT2D eigenvalue weighted by Crippen LogP contribution is 2.34. The van der Waals surface area contributed by atoms with Crippen LogP contribution in [0.5, 0.6) is 0 Å². The molecule has 146 valence electrons. The van der Waals surface area contributed by atoms with Gasteiger partial charge in [0.1, 0.15) is 5.82 Å². The first-order valence-corrected chi connectivity index (χ1v) is 9.26. The zero-order valence-electron chi connectivity index (χ0n) is 15.6. The van der Waals surface area contributed by atoms with E-state index in [2.05, 4.69) is 15.3 Å². The van der Waals surface area contributed by atoms with Gasteiger partial charge in [0.25, 0.3) is 0 Å². The second-order valence-corrected chi connectivity index (χ2v) is 6.95. The van der Waals surface area contributed by atoms with E-state index in [1.807, 2.05) is 24.3 Å². The van der Waals surface area contributed by atoms with Crippen LogP contribution in [-0.2, 0) is 22.7 Å². The molecule has 6 nitrogen and oxygen atoms in total. The van der Waals surface area contributed by atoms with Gasteiger partial charge in [-0.05, 0) is 47.0 Å². The number of amides is 2. The van der Waals surface area contributed by atoms with Crippen LogP contribution >= 0.6 is 0 Å². The van der Waals surface area contributed by atoms with E-state index in [1.54, 1.807) is 35.8 Å². The summed E-state index contributed by atoms with van der Waals surface area (Å²) in [6.07, 6.45) is 6.76. The highest BCUT2D eigenvalue weighted by Gasteiger charge is 2.33. The normalized spacial score (nSPS) is 15.3. The van der Waals surface area contributed by atoms with Gasteiger partial charge in [-0.1, -0.05) is 12.1 Å². The van der Waals surface area contributed by atoms with E-state index in [4.69, 9.17) is 0 Å². The Labute approximate surface area is 167 Å². The summed E-state index contributed by atoms with van der Waals surface area (Å²) in [5.41, 5.74) is 2.79. The van der Waals surface area contributed by atoms with Gasteiger partial charge in [-0.25, -0.2) is 4.39 Å². The quantitative estimate of drug-likeness (QED) is 0.726. The van der Waals surface area contributed by atoms with Crippen molar-refractivity contribution >= 4 is 17.5 Å². The summed E-state index contributed by atoms with van der Waals surface area (Å²) in [6, 6.07) is 11.5. The first-order valence-electron chi connectivity index (χ1n) is 9.26. The number of hydrogen-bond acceptors (Lipinski definition) is 4. The first-order chi connectivity index (χ1) is 14.1. The van der Waals surface area contributed by atoms with E-state index >= 15 is 0 Å². The Kier molecular flexibility index (Phi) is 5.29. The predicted octanol–water partition coefficient (Wildman–Crippen LogP) is 3.27. The van der Waals surface area contributed by atoms with Gasteiger partial charge in [-0.2, -0.15) is 0 Å². The third-order valence-electron chi connectivity index (χ3n) is 4.88. The molecule has 1 unspecified atom stereocenters. The monoisotopic (exact) mass is 390 g/mol. The van der Waals surface area contributed by atoms with Crippen LogP contribution in [-0.4, -0.2) is 26.7 Å². The number of aromatic nitrogens is 2. The summed E-state index contributed by atoms with van der Waals surface area (Å²) in [4.78, 5) is 35.5. The maximum Gasteiger partial charge on any atom is 0.231 e. The number of pyridine rings is 2. The van der Waals surface area contributed by atoms with Gasteiger partial charge in [0.15, 0.2) is 0 Å². The van der Waals surface area contributed by atoms with Crippen LogP contribution in [0, 0.1) is 5.82 Å². The minimum atomic E-state index is -0.669. The van der Waals surface area contributed by atoms with E-state index in [0.29, 0.717) is 24.3 Å². The topological polar surface area (TPSA) is 75.2 Å². The average Bonchev–Trinajstić information content (AvgIpc) is 2.73. The molecule has 1 aliphatic rings. The standard InChI is InChI=1S/C22H19FN4O2/c23-17-3-4-18-19(11-21(28)26-20(18)10-17)22(29)27(13-15-5-8-24-9-6-15)14-16-2-1-7-25-12-16/h1-10,12,19H,11,13-14H2,(H,26,28). The molecular formula is C22H19FN4O2. The molecule has 0 saturated carbocycles. The molecule has 2 aromatic heterocycles. The van der Waals surface area contributed by atoms with E-state index in [1.165, 1.54) is 12.1 Å². The van der Waals surface area contributed by atoms with Crippen molar-refractivity contribution in [3.8, 4) is 0 Å². The molecule has 0 spiro atoms. The van der Waals surface area contributed by atoms with Crippen LogP contribution in [0.15, 0.2) is 67.3 Å². The Balaban J connectivity index is 1.66. The summed E-state index contributed by atoms with van der Waals surface area (Å²) in [6.45, 7) is 0.717. The number of carbonyl (C=O) groups excluding carboxylic acids is 2. The third-order valence-corrected chi connectivity index (χ3v) is 4.88. The maximum absolute atomic E-state index is 13.6. The summed E-state index contributed by atoms with van der Waals surface area (Å²) >= 11 is 0. The largest absolute Gasteiger partial charge is 0.333 e. The number of nitrogens with zero attached hydrogens (tertiary/aromatic N) is 3. The number of benzene rings is 1. The van der Waals surface area contributed by atoms with Crippen molar-refractivity contribution < 1.29 is 14.0 Å². The smallest absolute Gasteiger partial charge is 0.231 e. The number of fused-ring (bicyclic) bond motifs is 1. The molecule has 0 saturated heterocycles. The van der Waals surface area contributed by atoms with E-state index in [-0.39, 0.29) is 18.2 Å². The van der Waals surface area contributed by atoms with E-state index < -0.39 is 11.7 Å². The number of hydrogen-bond donors (Lipinski definition) is 1. The molecule has 0 aliphatic carbocycles. The maximum atomic E-state index is 13.6. The number of anilines is 1. The lowest BCUT2D eigenvalue weighted by molar-refractivity contribution is -0.136. The van der Waals surface area contributed by atoms with Crippen molar-refractivity contribution in [2.45, 2.75) is 25.4 Å². The summed E-state index contributed by atoms with van der Waals surface area (Å²) in [5, 5.41) is 2.66. The Morgan fingerprint density at radius 3 is 2.62 bits per heavy atom. The number of nitrogens with one attached hydrogen (secondary N) is 1. The highest BCUT2D eigenvalue weighted by molar-refractivity contribution is 6.01.